The minimum Gasteiger partial charge on any atom is -0.497 e. The van der Waals surface area contributed by atoms with Gasteiger partial charge in [0.25, 0.3) is 5.69 Å². The molecule has 0 saturated carbocycles. The lowest BCUT2D eigenvalue weighted by Gasteiger charge is -2.11. The summed E-state index contributed by atoms with van der Waals surface area (Å²) < 4.78 is 7.02. The van der Waals surface area contributed by atoms with E-state index >= 15 is 0 Å². The minimum atomic E-state index is -0.458. The second kappa shape index (κ2) is 9.58. The maximum atomic E-state index is 12.3. The van der Waals surface area contributed by atoms with Crippen LogP contribution in [0, 0.1) is 10.1 Å². The molecule has 0 saturated heterocycles. The molecule has 2 aromatic heterocycles. The van der Waals surface area contributed by atoms with Crippen LogP contribution in [0.25, 0.3) is 17.1 Å². The van der Waals surface area contributed by atoms with E-state index in [4.69, 9.17) is 4.74 Å². The molecule has 0 aliphatic carbocycles. The number of nitrogens with one attached hydrogen (secondary N) is 1. The van der Waals surface area contributed by atoms with Crippen LogP contribution in [0.1, 0.15) is 0 Å². The van der Waals surface area contributed by atoms with Gasteiger partial charge >= 0.3 is 0 Å². The van der Waals surface area contributed by atoms with E-state index in [1.165, 1.54) is 35.2 Å². The SMILES string of the molecule is COc1ccc(-n2c(SCC(=O)Nc3nccs3)nnc2-c2ccc([N+](=O)[O-])cc2)cc1. The van der Waals surface area contributed by atoms with E-state index in [1.807, 2.05) is 12.1 Å². The normalized spacial score (nSPS) is 10.7. The molecule has 0 aliphatic rings. The van der Waals surface area contributed by atoms with E-state index in [0.717, 1.165) is 5.69 Å². The fraction of sp³-hybridized carbons (Fsp3) is 0.100. The lowest BCUT2D eigenvalue weighted by atomic mass is 10.2. The van der Waals surface area contributed by atoms with E-state index in [2.05, 4.69) is 20.5 Å². The first kappa shape index (κ1) is 21.5. The summed E-state index contributed by atoms with van der Waals surface area (Å²) in [6.45, 7) is 0. The molecule has 162 valence electrons. The Morgan fingerprint density at radius 3 is 2.56 bits per heavy atom. The zero-order chi connectivity index (χ0) is 22.5. The van der Waals surface area contributed by atoms with Crippen molar-refractivity contribution >= 4 is 39.8 Å². The summed E-state index contributed by atoms with van der Waals surface area (Å²) in [5.41, 5.74) is 1.39. The van der Waals surface area contributed by atoms with E-state index in [-0.39, 0.29) is 17.3 Å². The summed E-state index contributed by atoms with van der Waals surface area (Å²) in [6.07, 6.45) is 1.62. The molecule has 0 fully saturated rings. The Hall–Kier alpha value is -3.77. The van der Waals surface area contributed by atoms with Gasteiger partial charge in [-0.25, -0.2) is 4.98 Å². The Bertz CT molecular complexity index is 1220. The van der Waals surface area contributed by atoms with Gasteiger partial charge < -0.3 is 10.1 Å². The van der Waals surface area contributed by atoms with Gasteiger partial charge in [-0.15, -0.1) is 21.5 Å². The quantitative estimate of drug-likeness (QED) is 0.233. The molecule has 4 rings (SSSR count). The molecule has 2 heterocycles. The number of nitro groups is 1. The summed E-state index contributed by atoms with van der Waals surface area (Å²) in [5.74, 6) is 1.07. The van der Waals surface area contributed by atoms with Gasteiger partial charge in [0.1, 0.15) is 5.75 Å². The first-order valence-corrected chi connectivity index (χ1v) is 11.1. The highest BCUT2D eigenvalue weighted by Gasteiger charge is 2.18. The highest BCUT2D eigenvalue weighted by atomic mass is 32.2. The Morgan fingerprint density at radius 2 is 1.94 bits per heavy atom. The number of carbonyl (C=O) groups is 1. The van der Waals surface area contributed by atoms with Crippen molar-refractivity contribution in [2.75, 3.05) is 18.2 Å². The fourth-order valence-electron chi connectivity index (χ4n) is 2.82. The minimum absolute atomic E-state index is 0.0160. The maximum absolute atomic E-state index is 12.3. The van der Waals surface area contributed by atoms with Gasteiger partial charge in [-0.05, 0) is 36.4 Å². The van der Waals surface area contributed by atoms with Gasteiger partial charge in [0.05, 0.1) is 17.8 Å². The van der Waals surface area contributed by atoms with Crippen LogP contribution < -0.4 is 10.1 Å². The summed E-state index contributed by atoms with van der Waals surface area (Å²) in [4.78, 5) is 26.9. The van der Waals surface area contributed by atoms with Crippen molar-refractivity contribution in [2.24, 2.45) is 0 Å². The molecule has 0 spiro atoms. The number of amides is 1. The van der Waals surface area contributed by atoms with Crippen molar-refractivity contribution < 1.29 is 14.5 Å². The first-order chi connectivity index (χ1) is 15.5. The van der Waals surface area contributed by atoms with Crippen LogP contribution in [0.2, 0.25) is 0 Å². The van der Waals surface area contributed by atoms with Crippen LogP contribution in [-0.2, 0) is 4.79 Å². The number of methoxy groups -OCH3 is 1. The molecule has 0 atom stereocenters. The molecular formula is C20H16N6O4S2. The van der Waals surface area contributed by atoms with Crippen molar-refractivity contribution in [2.45, 2.75) is 5.16 Å². The number of thioether (sulfide) groups is 1. The highest BCUT2D eigenvalue weighted by molar-refractivity contribution is 7.99. The van der Waals surface area contributed by atoms with Gasteiger partial charge in [0.2, 0.25) is 5.91 Å². The van der Waals surface area contributed by atoms with Crippen molar-refractivity contribution in [1.29, 1.82) is 0 Å². The average Bonchev–Trinajstić information content (AvgIpc) is 3.47. The Morgan fingerprint density at radius 1 is 1.19 bits per heavy atom. The van der Waals surface area contributed by atoms with Gasteiger partial charge in [-0.2, -0.15) is 0 Å². The molecule has 0 aliphatic heterocycles. The molecular weight excluding hydrogens is 452 g/mol. The molecule has 2 aromatic carbocycles. The summed E-state index contributed by atoms with van der Waals surface area (Å²) in [7, 11) is 1.58. The Labute approximate surface area is 190 Å². The lowest BCUT2D eigenvalue weighted by Crippen LogP contribution is -2.14. The topological polar surface area (TPSA) is 125 Å². The number of thiazole rings is 1. The summed E-state index contributed by atoms with van der Waals surface area (Å²) >= 11 is 2.56. The largest absolute Gasteiger partial charge is 0.497 e. The van der Waals surface area contributed by atoms with Crippen molar-refractivity contribution in [3.05, 3.63) is 70.2 Å². The molecule has 4 aromatic rings. The van der Waals surface area contributed by atoms with Gasteiger partial charge in [-0.1, -0.05) is 11.8 Å². The number of nitrogens with zero attached hydrogens (tertiary/aromatic N) is 5. The fourth-order valence-corrected chi connectivity index (χ4v) is 4.11. The van der Waals surface area contributed by atoms with E-state index in [0.29, 0.717) is 27.4 Å². The third-order valence-corrected chi connectivity index (χ3v) is 5.93. The molecule has 12 heteroatoms. The number of hydrogen-bond donors (Lipinski definition) is 1. The molecule has 0 radical (unpaired) electrons. The number of carbonyl (C=O) groups excluding carboxylic acids is 1. The predicted molar refractivity (Wildman–Crippen MR) is 121 cm³/mol. The number of benzene rings is 2. The van der Waals surface area contributed by atoms with Gasteiger partial charge in [0.15, 0.2) is 16.1 Å². The molecule has 32 heavy (non-hydrogen) atoms. The van der Waals surface area contributed by atoms with E-state index < -0.39 is 4.92 Å². The summed E-state index contributed by atoms with van der Waals surface area (Å²) in [6, 6.07) is 13.4. The number of ether oxygens (including phenoxy) is 1. The Kier molecular flexibility index (Phi) is 6.42. The number of nitro benzene ring substituents is 1. The highest BCUT2D eigenvalue weighted by Crippen LogP contribution is 2.30. The van der Waals surface area contributed by atoms with Crippen LogP contribution in [-0.4, -0.2) is 43.4 Å². The number of anilines is 1. The third-order valence-electron chi connectivity index (χ3n) is 4.31. The van der Waals surface area contributed by atoms with Crippen molar-refractivity contribution in [3.8, 4) is 22.8 Å². The van der Waals surface area contributed by atoms with Crippen LogP contribution in [0.15, 0.2) is 65.3 Å². The van der Waals surface area contributed by atoms with Crippen LogP contribution in [0.4, 0.5) is 10.8 Å². The molecule has 0 unspecified atom stereocenters. The van der Waals surface area contributed by atoms with Gasteiger partial charge in [0, 0.05) is 35.0 Å². The first-order valence-electron chi connectivity index (χ1n) is 9.22. The maximum Gasteiger partial charge on any atom is 0.269 e. The van der Waals surface area contributed by atoms with Gasteiger partial charge in [-0.3, -0.25) is 19.5 Å². The number of rotatable bonds is 8. The van der Waals surface area contributed by atoms with Crippen LogP contribution >= 0.6 is 23.1 Å². The Balaban J connectivity index is 1.64. The second-order valence-electron chi connectivity index (χ2n) is 6.32. The standard InChI is InChI=1S/C20H16N6O4S2/c1-30-16-8-6-14(7-9-16)25-18(13-2-4-15(5-3-13)26(28)29)23-24-20(25)32-12-17(27)22-19-21-10-11-31-19/h2-11H,12H2,1H3,(H,21,22,27). The monoisotopic (exact) mass is 468 g/mol. The third kappa shape index (κ3) is 4.76. The van der Waals surface area contributed by atoms with Crippen LogP contribution in [0.5, 0.6) is 5.75 Å². The summed E-state index contributed by atoms with van der Waals surface area (Å²) in [5, 5.41) is 25.1. The molecule has 1 amide bonds. The van der Waals surface area contributed by atoms with Crippen LogP contribution in [0.3, 0.4) is 0 Å². The van der Waals surface area contributed by atoms with E-state index in [9.17, 15) is 14.9 Å². The molecule has 1 N–H and O–H groups in total. The predicted octanol–water partition coefficient (Wildman–Crippen LogP) is 4.04. The molecule has 0 bridgehead atoms. The van der Waals surface area contributed by atoms with Crippen molar-refractivity contribution in [3.63, 3.8) is 0 Å². The average molecular weight is 469 g/mol. The zero-order valence-electron chi connectivity index (χ0n) is 16.7. The van der Waals surface area contributed by atoms with E-state index in [1.54, 1.807) is 47.5 Å². The number of hydrogen-bond acceptors (Lipinski definition) is 9. The second-order valence-corrected chi connectivity index (χ2v) is 8.15. The molecule has 10 nitrogen and oxygen atoms in total. The number of non-ortho nitro benzene ring substituents is 1. The smallest absolute Gasteiger partial charge is 0.269 e. The van der Waals surface area contributed by atoms with Crippen molar-refractivity contribution in [1.82, 2.24) is 19.7 Å². The lowest BCUT2D eigenvalue weighted by molar-refractivity contribution is -0.384. The zero-order valence-corrected chi connectivity index (χ0v) is 18.3. The number of aromatic nitrogens is 4.